The number of amides is 2. The van der Waals surface area contributed by atoms with Crippen LogP contribution in [0, 0.1) is 19.8 Å². The molecule has 4 rings (SSSR count). The summed E-state index contributed by atoms with van der Waals surface area (Å²) in [4.78, 5) is 25.5. The number of nitrogens with one attached hydrogen (secondary N) is 2. The van der Waals surface area contributed by atoms with Crippen LogP contribution in [0.3, 0.4) is 0 Å². The Labute approximate surface area is 208 Å². The van der Waals surface area contributed by atoms with Crippen LogP contribution in [0.2, 0.25) is 0 Å². The quantitative estimate of drug-likeness (QED) is 0.455. The van der Waals surface area contributed by atoms with Crippen molar-refractivity contribution in [3.8, 4) is 11.5 Å². The zero-order chi connectivity index (χ0) is 25.1. The topological polar surface area (TPSA) is 107 Å². The number of carbonyl (C=O) groups excluding carboxylic acids is 2. The minimum Gasteiger partial charge on any atom is -0.454 e. The number of hydrogen-bond acceptors (Lipinski definition) is 7. The van der Waals surface area contributed by atoms with E-state index >= 15 is 0 Å². The maximum absolute atomic E-state index is 13.0. The minimum atomic E-state index is -0.372. The highest BCUT2D eigenvalue weighted by atomic mass is 32.2. The van der Waals surface area contributed by atoms with E-state index in [1.807, 2.05) is 57.5 Å². The predicted octanol–water partition coefficient (Wildman–Crippen LogP) is 4.02. The molecule has 2 heterocycles. The number of thioether (sulfide) groups is 1. The highest BCUT2D eigenvalue weighted by Gasteiger charge is 2.26. The predicted molar refractivity (Wildman–Crippen MR) is 134 cm³/mol. The number of aromatic nitrogens is 3. The monoisotopic (exact) mass is 495 g/mol. The molecule has 2 N–H and O–H groups in total. The summed E-state index contributed by atoms with van der Waals surface area (Å²) in [6, 6.07) is 10.6. The van der Waals surface area contributed by atoms with E-state index in [0.29, 0.717) is 28.0 Å². The third-order valence-electron chi connectivity index (χ3n) is 5.81. The van der Waals surface area contributed by atoms with E-state index in [9.17, 15) is 9.59 Å². The van der Waals surface area contributed by atoms with Crippen molar-refractivity contribution >= 4 is 29.3 Å². The summed E-state index contributed by atoms with van der Waals surface area (Å²) < 4.78 is 12.5. The molecule has 184 valence electrons. The molecule has 0 bridgehead atoms. The molecule has 0 aliphatic carbocycles. The first-order valence-corrected chi connectivity index (χ1v) is 12.3. The number of nitrogens with zero attached hydrogens (tertiary/aromatic N) is 3. The Morgan fingerprint density at radius 2 is 1.80 bits per heavy atom. The van der Waals surface area contributed by atoms with Gasteiger partial charge in [0.1, 0.15) is 0 Å². The minimum absolute atomic E-state index is 0.0565. The Morgan fingerprint density at radius 1 is 1.09 bits per heavy atom. The number of benzene rings is 2. The molecule has 35 heavy (non-hydrogen) atoms. The second-order valence-corrected chi connectivity index (χ2v) is 9.71. The molecule has 1 atom stereocenters. The first-order chi connectivity index (χ1) is 16.7. The lowest BCUT2D eigenvalue weighted by Gasteiger charge is -2.21. The molecule has 3 aromatic rings. The molecule has 1 aliphatic heterocycles. The molecule has 9 nitrogen and oxygen atoms in total. The van der Waals surface area contributed by atoms with Crippen LogP contribution >= 0.6 is 11.8 Å². The molecule has 0 saturated heterocycles. The van der Waals surface area contributed by atoms with E-state index in [1.54, 1.807) is 18.2 Å². The van der Waals surface area contributed by atoms with Gasteiger partial charge in [-0.1, -0.05) is 43.8 Å². The first-order valence-electron chi connectivity index (χ1n) is 11.3. The van der Waals surface area contributed by atoms with Crippen molar-refractivity contribution in [2.45, 2.75) is 38.9 Å². The van der Waals surface area contributed by atoms with Crippen LogP contribution in [0.15, 0.2) is 41.6 Å². The van der Waals surface area contributed by atoms with Gasteiger partial charge in [0.2, 0.25) is 12.7 Å². The SMILES string of the molecule is Cc1cccc(C)c1NC(=O)CSc1nnc(C(NC(=O)c2ccc3c(c2)OCO3)C(C)C)n1C. The van der Waals surface area contributed by atoms with Gasteiger partial charge < -0.3 is 24.7 Å². The average Bonchev–Trinajstić information content (AvgIpc) is 3.44. The van der Waals surface area contributed by atoms with Gasteiger partial charge in [0.05, 0.1) is 11.8 Å². The Balaban J connectivity index is 1.42. The van der Waals surface area contributed by atoms with Gasteiger partial charge in [-0.15, -0.1) is 10.2 Å². The van der Waals surface area contributed by atoms with E-state index in [0.717, 1.165) is 16.8 Å². The van der Waals surface area contributed by atoms with Crippen molar-refractivity contribution in [3.05, 3.63) is 58.9 Å². The molecule has 0 spiro atoms. The van der Waals surface area contributed by atoms with Gasteiger partial charge in [-0.2, -0.15) is 0 Å². The van der Waals surface area contributed by atoms with Crippen LogP contribution < -0.4 is 20.1 Å². The Kier molecular flexibility index (Phi) is 7.30. The largest absolute Gasteiger partial charge is 0.454 e. The van der Waals surface area contributed by atoms with E-state index in [-0.39, 0.29) is 36.3 Å². The molecular formula is C25H29N5O4S. The second-order valence-electron chi connectivity index (χ2n) is 8.77. The van der Waals surface area contributed by atoms with Gasteiger partial charge in [-0.05, 0) is 49.1 Å². The fraction of sp³-hybridized carbons (Fsp3) is 0.360. The van der Waals surface area contributed by atoms with Gasteiger partial charge in [-0.25, -0.2) is 0 Å². The Hall–Kier alpha value is -3.53. The van der Waals surface area contributed by atoms with Crippen molar-refractivity contribution in [1.82, 2.24) is 20.1 Å². The van der Waals surface area contributed by atoms with E-state index < -0.39 is 0 Å². The molecule has 1 aromatic heterocycles. The fourth-order valence-corrected chi connectivity index (χ4v) is 4.55. The van der Waals surface area contributed by atoms with Crippen LogP contribution in [-0.2, 0) is 11.8 Å². The summed E-state index contributed by atoms with van der Waals surface area (Å²) in [7, 11) is 1.84. The number of para-hydroxylation sites is 1. The van der Waals surface area contributed by atoms with Crippen molar-refractivity contribution in [3.63, 3.8) is 0 Å². The molecule has 0 radical (unpaired) electrons. The molecule has 0 fully saturated rings. The lowest BCUT2D eigenvalue weighted by atomic mass is 10.0. The second kappa shape index (κ2) is 10.4. The molecule has 2 amide bonds. The molecule has 1 unspecified atom stereocenters. The molecule has 1 aliphatic rings. The number of aryl methyl sites for hydroxylation is 2. The van der Waals surface area contributed by atoms with Crippen LogP contribution in [0.1, 0.15) is 47.2 Å². The molecule has 2 aromatic carbocycles. The number of anilines is 1. The summed E-state index contributed by atoms with van der Waals surface area (Å²) in [6.07, 6.45) is 0. The summed E-state index contributed by atoms with van der Waals surface area (Å²) in [5, 5.41) is 15.2. The lowest BCUT2D eigenvalue weighted by Crippen LogP contribution is -2.33. The number of fused-ring (bicyclic) bond motifs is 1. The third kappa shape index (κ3) is 5.43. The number of carbonyl (C=O) groups is 2. The fourth-order valence-electron chi connectivity index (χ4n) is 3.83. The summed E-state index contributed by atoms with van der Waals surface area (Å²) in [5.74, 6) is 1.68. The van der Waals surface area contributed by atoms with Crippen molar-refractivity contribution < 1.29 is 19.1 Å². The first kappa shape index (κ1) is 24.6. The van der Waals surface area contributed by atoms with Crippen LogP contribution in [-0.4, -0.2) is 39.1 Å². The average molecular weight is 496 g/mol. The van der Waals surface area contributed by atoms with Gasteiger partial charge in [-0.3, -0.25) is 9.59 Å². The van der Waals surface area contributed by atoms with E-state index in [2.05, 4.69) is 20.8 Å². The van der Waals surface area contributed by atoms with Gasteiger partial charge in [0.25, 0.3) is 5.91 Å². The Morgan fingerprint density at radius 3 is 2.51 bits per heavy atom. The molecule has 10 heteroatoms. The van der Waals surface area contributed by atoms with Crippen LogP contribution in [0.5, 0.6) is 11.5 Å². The molecule has 0 saturated carbocycles. The zero-order valence-electron chi connectivity index (χ0n) is 20.4. The summed E-state index contributed by atoms with van der Waals surface area (Å²) in [5.41, 5.74) is 3.34. The van der Waals surface area contributed by atoms with Gasteiger partial charge in [0, 0.05) is 18.3 Å². The highest BCUT2D eigenvalue weighted by molar-refractivity contribution is 7.99. The maximum Gasteiger partial charge on any atom is 0.252 e. The summed E-state index contributed by atoms with van der Waals surface area (Å²) in [6.45, 7) is 8.09. The molecular weight excluding hydrogens is 466 g/mol. The zero-order valence-corrected chi connectivity index (χ0v) is 21.2. The Bertz CT molecular complexity index is 1240. The standard InChI is InChI=1S/C25H29N5O4S/c1-14(2)21(27-24(32)17-9-10-18-19(11-17)34-13-33-18)23-28-29-25(30(23)5)35-12-20(31)26-22-15(3)7-6-8-16(22)4/h6-11,14,21H,12-13H2,1-5H3,(H,26,31)(H,27,32). The maximum atomic E-state index is 13.0. The van der Waals surface area contributed by atoms with Crippen molar-refractivity contribution in [2.24, 2.45) is 13.0 Å². The van der Waals surface area contributed by atoms with Crippen molar-refractivity contribution in [1.29, 1.82) is 0 Å². The van der Waals surface area contributed by atoms with Gasteiger partial charge >= 0.3 is 0 Å². The normalized spacial score (nSPS) is 13.1. The van der Waals surface area contributed by atoms with E-state index in [1.165, 1.54) is 11.8 Å². The van der Waals surface area contributed by atoms with Crippen molar-refractivity contribution in [2.75, 3.05) is 17.9 Å². The van der Waals surface area contributed by atoms with Gasteiger partial charge in [0.15, 0.2) is 22.5 Å². The highest BCUT2D eigenvalue weighted by Crippen LogP contribution is 2.33. The van der Waals surface area contributed by atoms with E-state index in [4.69, 9.17) is 9.47 Å². The third-order valence-corrected chi connectivity index (χ3v) is 6.83. The summed E-state index contributed by atoms with van der Waals surface area (Å²) >= 11 is 1.30. The van der Waals surface area contributed by atoms with Crippen LogP contribution in [0.4, 0.5) is 5.69 Å². The number of ether oxygens (including phenoxy) is 2. The number of hydrogen-bond donors (Lipinski definition) is 2. The smallest absolute Gasteiger partial charge is 0.252 e. The number of rotatable bonds is 8. The van der Waals surface area contributed by atoms with Crippen LogP contribution in [0.25, 0.3) is 0 Å². The lowest BCUT2D eigenvalue weighted by molar-refractivity contribution is -0.113.